The fourth-order valence-corrected chi connectivity index (χ4v) is 2.96. The van der Waals surface area contributed by atoms with E-state index in [1.165, 1.54) is 20.2 Å². The monoisotopic (exact) mass is 457 g/mol. The lowest BCUT2D eigenvalue weighted by Gasteiger charge is -2.13. The highest BCUT2D eigenvalue weighted by Crippen LogP contribution is 2.22. The van der Waals surface area contributed by atoms with Crippen LogP contribution < -0.4 is 21.3 Å². The van der Waals surface area contributed by atoms with Crippen LogP contribution in [0.4, 0.5) is 5.82 Å². The second-order valence-corrected chi connectivity index (χ2v) is 7.18. The van der Waals surface area contributed by atoms with Crippen LogP contribution in [0.2, 0.25) is 5.02 Å². The van der Waals surface area contributed by atoms with Gasteiger partial charge in [0.25, 0.3) is 11.5 Å². The smallest absolute Gasteiger partial charge is 0.342 e. The van der Waals surface area contributed by atoms with Gasteiger partial charge in [-0.3, -0.25) is 18.7 Å². The first-order chi connectivity index (χ1) is 15.3. The van der Waals surface area contributed by atoms with Crippen molar-refractivity contribution in [2.24, 2.45) is 14.1 Å². The Bertz CT molecular complexity index is 1280. The number of hydrogen-bond donors (Lipinski definition) is 1. The molecule has 0 atom stereocenters. The molecular weight excluding hydrogens is 438 g/mol. The molecule has 32 heavy (non-hydrogen) atoms. The third-order valence-electron chi connectivity index (χ3n) is 4.58. The number of halogens is 1. The van der Waals surface area contributed by atoms with Gasteiger partial charge in [0.15, 0.2) is 6.61 Å². The lowest BCUT2D eigenvalue weighted by molar-refractivity contribution is -0.119. The number of rotatable bonds is 7. The number of amides is 1. The average Bonchev–Trinajstić information content (AvgIpc) is 2.79. The highest BCUT2D eigenvalue weighted by atomic mass is 35.5. The first kappa shape index (κ1) is 22.8. The van der Waals surface area contributed by atoms with E-state index in [2.05, 4.69) is 5.32 Å². The van der Waals surface area contributed by atoms with Gasteiger partial charge in [-0.2, -0.15) is 0 Å². The summed E-state index contributed by atoms with van der Waals surface area (Å²) in [6.07, 6.45) is 0. The number of benzene rings is 2. The summed E-state index contributed by atoms with van der Waals surface area (Å²) in [6.45, 7) is -0.484. The van der Waals surface area contributed by atoms with Crippen molar-refractivity contribution in [3.8, 4) is 5.75 Å². The first-order valence-electron chi connectivity index (χ1n) is 9.47. The highest BCUT2D eigenvalue weighted by Gasteiger charge is 2.17. The Hall–Kier alpha value is -3.85. The summed E-state index contributed by atoms with van der Waals surface area (Å²) >= 11 is 6.12. The zero-order valence-corrected chi connectivity index (χ0v) is 18.1. The molecule has 0 aliphatic heterocycles. The Kier molecular flexibility index (Phi) is 7.11. The van der Waals surface area contributed by atoms with Gasteiger partial charge in [-0.05, 0) is 18.2 Å². The molecule has 10 heteroatoms. The number of ether oxygens (including phenoxy) is 2. The fourth-order valence-electron chi connectivity index (χ4n) is 2.77. The third kappa shape index (κ3) is 5.25. The molecule has 0 bridgehead atoms. The van der Waals surface area contributed by atoms with Crippen LogP contribution in [0.3, 0.4) is 0 Å². The lowest BCUT2D eigenvalue weighted by atomic mass is 10.2. The van der Waals surface area contributed by atoms with E-state index in [0.29, 0.717) is 5.02 Å². The SMILES string of the molecule is Cn1c(NC(=O)COC(=O)c2ccccc2OCc2ccccc2Cl)cc(=O)n(C)c1=O. The molecule has 1 N–H and O–H groups in total. The molecule has 3 rings (SSSR count). The van der Waals surface area contributed by atoms with Crippen LogP contribution >= 0.6 is 11.6 Å². The topological polar surface area (TPSA) is 109 Å². The number of carbonyl (C=O) groups excluding carboxylic acids is 2. The number of para-hydroxylation sites is 1. The standard InChI is InChI=1S/C22H20ClN3O6/c1-25-18(11-20(28)26(2)22(25)30)24-19(27)13-32-21(29)15-8-4-6-10-17(15)31-12-14-7-3-5-9-16(14)23/h3-11H,12-13H2,1-2H3,(H,24,27). The molecule has 1 heterocycles. The van der Waals surface area contributed by atoms with Crippen molar-refractivity contribution < 1.29 is 19.1 Å². The first-order valence-corrected chi connectivity index (χ1v) is 9.85. The number of esters is 1. The summed E-state index contributed by atoms with van der Waals surface area (Å²) in [7, 11) is 2.72. The summed E-state index contributed by atoms with van der Waals surface area (Å²) in [5.41, 5.74) is -0.302. The summed E-state index contributed by atoms with van der Waals surface area (Å²) in [6, 6.07) is 14.7. The van der Waals surface area contributed by atoms with Gasteiger partial charge in [-0.15, -0.1) is 0 Å². The molecule has 1 aromatic heterocycles. The number of hydrogen-bond acceptors (Lipinski definition) is 6. The van der Waals surface area contributed by atoms with Crippen LogP contribution in [0, 0.1) is 0 Å². The number of anilines is 1. The summed E-state index contributed by atoms with van der Waals surface area (Å²) in [4.78, 5) is 48.4. The quantitative estimate of drug-likeness (QED) is 0.544. The van der Waals surface area contributed by atoms with Gasteiger partial charge in [0.2, 0.25) is 0 Å². The van der Waals surface area contributed by atoms with Gasteiger partial charge in [0.05, 0.1) is 0 Å². The normalized spacial score (nSPS) is 10.5. The molecule has 0 fully saturated rings. The maximum Gasteiger partial charge on any atom is 0.342 e. The molecule has 9 nitrogen and oxygen atoms in total. The number of aromatic nitrogens is 2. The predicted octanol–water partition coefficient (Wildman–Crippen LogP) is 2.11. The van der Waals surface area contributed by atoms with Crippen LogP contribution in [-0.2, 0) is 30.2 Å². The van der Waals surface area contributed by atoms with Crippen molar-refractivity contribution in [1.82, 2.24) is 9.13 Å². The molecule has 0 saturated heterocycles. The van der Waals surface area contributed by atoms with E-state index in [1.54, 1.807) is 36.4 Å². The second-order valence-electron chi connectivity index (χ2n) is 6.77. The van der Waals surface area contributed by atoms with E-state index < -0.39 is 29.7 Å². The Morgan fingerprint density at radius 2 is 1.69 bits per heavy atom. The highest BCUT2D eigenvalue weighted by molar-refractivity contribution is 6.31. The summed E-state index contributed by atoms with van der Waals surface area (Å²) in [5, 5.41) is 2.92. The number of nitrogens with zero attached hydrogens (tertiary/aromatic N) is 2. The summed E-state index contributed by atoms with van der Waals surface area (Å²) in [5.74, 6) is -1.22. The number of nitrogens with one attached hydrogen (secondary N) is 1. The van der Waals surface area contributed by atoms with Crippen LogP contribution in [-0.4, -0.2) is 27.6 Å². The molecule has 2 aromatic carbocycles. The zero-order chi connectivity index (χ0) is 23.3. The zero-order valence-electron chi connectivity index (χ0n) is 17.3. The number of carbonyl (C=O) groups is 2. The predicted molar refractivity (Wildman–Crippen MR) is 118 cm³/mol. The summed E-state index contributed by atoms with van der Waals surface area (Å²) < 4.78 is 12.8. The van der Waals surface area contributed by atoms with Crippen molar-refractivity contribution in [2.75, 3.05) is 11.9 Å². The average molecular weight is 458 g/mol. The van der Waals surface area contributed by atoms with Crippen molar-refractivity contribution in [3.05, 3.63) is 91.6 Å². The van der Waals surface area contributed by atoms with Crippen LogP contribution in [0.25, 0.3) is 0 Å². The van der Waals surface area contributed by atoms with Crippen LogP contribution in [0.15, 0.2) is 64.2 Å². The molecule has 0 aliphatic carbocycles. The molecule has 1 amide bonds. The van der Waals surface area contributed by atoms with Gasteiger partial charge < -0.3 is 14.8 Å². The maximum absolute atomic E-state index is 12.5. The van der Waals surface area contributed by atoms with Crippen LogP contribution in [0.1, 0.15) is 15.9 Å². The van der Waals surface area contributed by atoms with Gasteiger partial charge >= 0.3 is 11.7 Å². The van der Waals surface area contributed by atoms with Crippen molar-refractivity contribution >= 4 is 29.3 Å². The van der Waals surface area contributed by atoms with Gasteiger partial charge in [-0.25, -0.2) is 9.59 Å². The lowest BCUT2D eigenvalue weighted by Crippen LogP contribution is -2.38. The second kappa shape index (κ2) is 9.97. The van der Waals surface area contributed by atoms with Crippen molar-refractivity contribution in [1.29, 1.82) is 0 Å². The molecule has 0 saturated carbocycles. The van der Waals surface area contributed by atoms with Crippen molar-refractivity contribution in [2.45, 2.75) is 6.61 Å². The maximum atomic E-state index is 12.5. The van der Waals surface area contributed by atoms with Crippen LogP contribution in [0.5, 0.6) is 5.75 Å². The van der Waals surface area contributed by atoms with Crippen molar-refractivity contribution in [3.63, 3.8) is 0 Å². The van der Waals surface area contributed by atoms with E-state index in [1.807, 2.05) is 6.07 Å². The largest absolute Gasteiger partial charge is 0.488 e. The Morgan fingerprint density at radius 3 is 2.44 bits per heavy atom. The van der Waals surface area contributed by atoms with E-state index in [0.717, 1.165) is 20.8 Å². The van der Waals surface area contributed by atoms with Gasteiger partial charge in [0.1, 0.15) is 23.7 Å². The third-order valence-corrected chi connectivity index (χ3v) is 4.94. The van der Waals surface area contributed by atoms with E-state index in [-0.39, 0.29) is 23.7 Å². The molecule has 0 aliphatic rings. The molecule has 0 unspecified atom stereocenters. The van der Waals surface area contributed by atoms with Gasteiger partial charge in [0, 0.05) is 30.7 Å². The van der Waals surface area contributed by atoms with E-state index >= 15 is 0 Å². The Balaban J connectivity index is 1.64. The Labute approximate surface area is 187 Å². The molecule has 0 radical (unpaired) electrons. The molecular formula is C22H20ClN3O6. The fraction of sp³-hybridized carbons (Fsp3) is 0.182. The Morgan fingerprint density at radius 1 is 1.00 bits per heavy atom. The molecule has 3 aromatic rings. The van der Waals surface area contributed by atoms with E-state index in [9.17, 15) is 19.2 Å². The molecule has 0 spiro atoms. The minimum Gasteiger partial charge on any atom is -0.488 e. The van der Waals surface area contributed by atoms with E-state index in [4.69, 9.17) is 21.1 Å². The van der Waals surface area contributed by atoms with Gasteiger partial charge in [-0.1, -0.05) is 41.9 Å². The minimum atomic E-state index is -0.771. The molecule has 166 valence electrons. The minimum absolute atomic E-state index is 0.0115.